The SMILES string of the molecule is CS(=O)(I)=S=O. The predicted molar refractivity (Wildman–Crippen MR) is 36.2 cm³/mol. The molecule has 0 aliphatic rings. The van der Waals surface area contributed by atoms with E-state index in [9.17, 15) is 8.42 Å². The van der Waals surface area contributed by atoms with Crippen LogP contribution < -0.4 is 0 Å². The molecule has 38 valence electrons. The number of hydrogen-bond donors (Lipinski definition) is 0. The molecule has 0 spiro atoms. The van der Waals surface area contributed by atoms with Crippen molar-refractivity contribution in [2.24, 2.45) is 0 Å². The van der Waals surface area contributed by atoms with Gasteiger partial charge >= 0.3 is 0 Å². The zero-order chi connectivity index (χ0) is 5.21. The minimum Gasteiger partial charge on any atom is -0.245 e. The largest absolute Gasteiger partial charge is 0.245 e. The fourth-order valence-corrected chi connectivity index (χ4v) is 0. The Morgan fingerprint density at radius 3 is 2.00 bits per heavy atom. The van der Waals surface area contributed by atoms with E-state index < -0.39 is 5.66 Å². The van der Waals surface area contributed by atoms with Crippen LogP contribution in [0.25, 0.3) is 0 Å². The van der Waals surface area contributed by atoms with Crippen LogP contribution >= 0.6 is 21.2 Å². The van der Waals surface area contributed by atoms with Crippen LogP contribution in [0.2, 0.25) is 0 Å². The second kappa shape index (κ2) is 2.27. The van der Waals surface area contributed by atoms with Crippen LogP contribution in [0.1, 0.15) is 0 Å². The van der Waals surface area contributed by atoms with Gasteiger partial charge in [0, 0.05) is 27.5 Å². The van der Waals surface area contributed by atoms with E-state index in [2.05, 4.69) is 0 Å². The highest BCUT2D eigenvalue weighted by Gasteiger charge is 1.82. The third-order valence-electron chi connectivity index (χ3n) is 0.122. The molecular formula is CH3IO2S2. The fraction of sp³-hybridized carbons (Fsp3) is 1.00. The molecule has 0 aliphatic heterocycles. The lowest BCUT2D eigenvalue weighted by molar-refractivity contribution is 0.688. The van der Waals surface area contributed by atoms with Gasteiger partial charge in [0.05, 0.1) is 0 Å². The molecule has 0 saturated carbocycles. The van der Waals surface area contributed by atoms with Gasteiger partial charge in [0.2, 0.25) is 0 Å². The highest BCUT2D eigenvalue weighted by molar-refractivity contribution is 14.2. The van der Waals surface area contributed by atoms with Crippen molar-refractivity contribution in [1.29, 1.82) is 0 Å². The Labute approximate surface area is 51.7 Å². The van der Waals surface area contributed by atoms with Gasteiger partial charge in [-0.15, -0.1) is 0 Å². The van der Waals surface area contributed by atoms with Crippen molar-refractivity contribution in [3.05, 3.63) is 0 Å². The summed E-state index contributed by atoms with van der Waals surface area (Å²) in [6.07, 6.45) is 1.41. The fourth-order valence-electron chi connectivity index (χ4n) is 0. The van der Waals surface area contributed by atoms with Crippen LogP contribution in [0.15, 0.2) is 0 Å². The van der Waals surface area contributed by atoms with Gasteiger partial charge in [0.1, 0.15) is 5.66 Å². The summed E-state index contributed by atoms with van der Waals surface area (Å²) in [7, 11) is 0.146. The van der Waals surface area contributed by atoms with E-state index in [0.29, 0.717) is 0 Å². The van der Waals surface area contributed by atoms with Gasteiger partial charge in [0.25, 0.3) is 0 Å². The summed E-state index contributed by atoms with van der Waals surface area (Å²) in [6.45, 7) is 0. The monoisotopic (exact) mass is 238 g/mol. The topological polar surface area (TPSA) is 34.1 Å². The predicted octanol–water partition coefficient (Wildman–Crippen LogP) is 0.379. The van der Waals surface area contributed by atoms with Crippen molar-refractivity contribution in [3.63, 3.8) is 0 Å². The minimum absolute atomic E-state index is 0.146. The summed E-state index contributed by atoms with van der Waals surface area (Å²) in [5, 5.41) is 0. The summed E-state index contributed by atoms with van der Waals surface area (Å²) < 4.78 is 19.8. The van der Waals surface area contributed by atoms with Crippen molar-refractivity contribution in [2.75, 3.05) is 6.26 Å². The van der Waals surface area contributed by atoms with Crippen LogP contribution in [-0.4, -0.2) is 14.7 Å². The van der Waals surface area contributed by atoms with E-state index in [1.165, 1.54) is 6.26 Å². The van der Waals surface area contributed by atoms with Gasteiger partial charge in [-0.05, 0) is 0 Å². The Bertz CT molecular complexity index is 152. The van der Waals surface area contributed by atoms with Gasteiger partial charge in [-0.1, -0.05) is 0 Å². The smallest absolute Gasteiger partial charge is 0.160 e. The summed E-state index contributed by atoms with van der Waals surface area (Å²) >= 11 is 1.62. The zero-order valence-corrected chi connectivity index (χ0v) is 6.80. The van der Waals surface area contributed by atoms with Crippen LogP contribution in [0, 0.1) is 0 Å². The van der Waals surface area contributed by atoms with Crippen molar-refractivity contribution in [1.82, 2.24) is 0 Å². The standard InChI is InChI=1S/CH3IO2S2/c1-6(2,4)5-3/h1H3. The minimum atomic E-state index is -2.08. The van der Waals surface area contributed by atoms with Gasteiger partial charge in [-0.25, -0.2) is 8.42 Å². The quantitative estimate of drug-likeness (QED) is 0.451. The Balaban J connectivity index is 4.75. The molecular weight excluding hydrogens is 235 g/mol. The Hall–Kier alpha value is 0.900. The van der Waals surface area contributed by atoms with Crippen molar-refractivity contribution >= 4 is 37.1 Å². The lowest BCUT2D eigenvalue weighted by atomic mass is 12.0. The lowest BCUT2D eigenvalue weighted by Crippen LogP contribution is -1.74. The van der Waals surface area contributed by atoms with Crippen LogP contribution in [0.4, 0.5) is 0 Å². The third kappa shape index (κ3) is 4.90. The summed E-state index contributed by atoms with van der Waals surface area (Å²) in [5.41, 5.74) is -2.08. The van der Waals surface area contributed by atoms with Gasteiger partial charge in [0.15, 0.2) is 10.2 Å². The normalized spacial score (nSPS) is 19.0. The summed E-state index contributed by atoms with van der Waals surface area (Å²) in [5.74, 6) is 0. The molecule has 0 N–H and O–H groups in total. The Kier molecular flexibility index (Phi) is 2.61. The first-order valence-electron chi connectivity index (χ1n) is 1.06. The molecule has 1 unspecified atom stereocenters. The maximum Gasteiger partial charge on any atom is 0.160 e. The number of hydrogen-bond acceptors (Lipinski definition) is 2. The summed E-state index contributed by atoms with van der Waals surface area (Å²) in [4.78, 5) is 0. The first kappa shape index (κ1) is 6.90. The molecule has 2 nitrogen and oxygen atoms in total. The lowest BCUT2D eigenvalue weighted by Gasteiger charge is -1.71. The van der Waals surface area contributed by atoms with Crippen LogP contribution in [0.3, 0.4) is 0 Å². The maximum atomic E-state index is 10.2. The Morgan fingerprint density at radius 1 is 1.83 bits per heavy atom. The molecule has 1 atom stereocenters. The molecule has 0 aromatic heterocycles. The molecule has 0 saturated heterocycles. The molecule has 0 fully saturated rings. The first-order valence-corrected chi connectivity index (χ1v) is 6.83. The molecule has 0 aromatic rings. The van der Waals surface area contributed by atoms with Crippen LogP contribution in [0.5, 0.6) is 0 Å². The van der Waals surface area contributed by atoms with E-state index in [1.54, 1.807) is 21.2 Å². The van der Waals surface area contributed by atoms with Gasteiger partial charge < -0.3 is 0 Å². The van der Waals surface area contributed by atoms with Crippen LogP contribution in [-0.2, 0) is 15.9 Å². The highest BCUT2D eigenvalue weighted by Crippen LogP contribution is 1.93. The highest BCUT2D eigenvalue weighted by atomic mass is 127. The molecule has 0 rings (SSSR count). The summed E-state index contributed by atoms with van der Waals surface area (Å²) in [6, 6.07) is 0. The molecule has 0 bridgehead atoms. The number of rotatable bonds is 0. The molecule has 0 amide bonds. The van der Waals surface area contributed by atoms with E-state index in [-0.39, 0.29) is 10.2 Å². The van der Waals surface area contributed by atoms with Crippen molar-refractivity contribution in [2.45, 2.75) is 0 Å². The molecule has 0 radical (unpaired) electrons. The molecule has 5 heteroatoms. The second-order valence-electron chi connectivity index (χ2n) is 0.750. The van der Waals surface area contributed by atoms with E-state index >= 15 is 0 Å². The second-order valence-corrected chi connectivity index (χ2v) is 11.4. The zero-order valence-electron chi connectivity index (χ0n) is 3.01. The average Bonchev–Trinajstić information content (AvgIpc) is 1.35. The number of halogens is 1. The van der Waals surface area contributed by atoms with Crippen molar-refractivity contribution < 1.29 is 8.42 Å². The van der Waals surface area contributed by atoms with Crippen molar-refractivity contribution in [3.8, 4) is 0 Å². The van der Waals surface area contributed by atoms with E-state index in [0.717, 1.165) is 0 Å². The van der Waals surface area contributed by atoms with E-state index in [1.807, 2.05) is 0 Å². The average molecular weight is 238 g/mol. The third-order valence-corrected chi connectivity index (χ3v) is 2.42. The maximum absolute atomic E-state index is 10.2. The van der Waals surface area contributed by atoms with E-state index in [4.69, 9.17) is 0 Å². The molecule has 0 aliphatic carbocycles. The van der Waals surface area contributed by atoms with Gasteiger partial charge in [-0.3, -0.25) is 0 Å². The molecule has 0 heterocycles. The molecule has 0 aromatic carbocycles. The first-order chi connectivity index (χ1) is 2.56. The van der Waals surface area contributed by atoms with Gasteiger partial charge in [-0.2, -0.15) is 0 Å². The Morgan fingerprint density at radius 2 is 2.00 bits per heavy atom. The molecule has 6 heavy (non-hydrogen) atoms.